The van der Waals surface area contributed by atoms with Crippen LogP contribution in [0, 0.1) is 0 Å². The number of carbonyl (C=O) groups excluding carboxylic acids is 2. The first-order chi connectivity index (χ1) is 20.0. The van der Waals surface area contributed by atoms with Gasteiger partial charge in [0.25, 0.3) is 6.43 Å². The molecule has 41 heavy (non-hydrogen) atoms. The minimum atomic E-state index is -2.89. The minimum absolute atomic E-state index is 0.0433. The Balaban J connectivity index is 1.16. The number of rotatable bonds is 7. The number of carbonyl (C=O) groups is 2. The summed E-state index contributed by atoms with van der Waals surface area (Å²) < 4.78 is 36.3. The highest BCUT2D eigenvalue weighted by atomic mass is 19.3. The normalized spacial score (nSPS) is 16.5. The van der Waals surface area contributed by atoms with Gasteiger partial charge in [-0.1, -0.05) is 30.3 Å². The van der Waals surface area contributed by atoms with Crippen LogP contribution in [-0.4, -0.2) is 80.4 Å². The molecule has 2 aliphatic heterocycles. The number of nitrogens with zero attached hydrogens (tertiary/aromatic N) is 7. The van der Waals surface area contributed by atoms with Crippen molar-refractivity contribution >= 4 is 23.3 Å². The monoisotopic (exact) mass is 564 g/mol. The van der Waals surface area contributed by atoms with Crippen molar-refractivity contribution < 1.29 is 23.1 Å². The fourth-order valence-corrected chi connectivity index (χ4v) is 5.27. The number of hydrogen-bond acceptors (Lipinski definition) is 8. The molecule has 2 fully saturated rings. The Hall–Kier alpha value is -4.39. The van der Waals surface area contributed by atoms with Gasteiger partial charge in [-0.15, -0.1) is 0 Å². The summed E-state index contributed by atoms with van der Waals surface area (Å²) in [6, 6.07) is 11.2. The number of aromatic nitrogens is 5. The fraction of sp³-hybridized carbons (Fsp3) is 0.393. The Bertz CT molecular complexity index is 1530. The molecule has 1 aromatic carbocycles. The van der Waals surface area contributed by atoms with Crippen LogP contribution in [0.25, 0.3) is 5.65 Å². The molecule has 13 heteroatoms. The van der Waals surface area contributed by atoms with E-state index in [1.54, 1.807) is 17.2 Å². The Morgan fingerprint density at radius 3 is 2.51 bits per heavy atom. The number of halogens is 2. The lowest BCUT2D eigenvalue weighted by molar-refractivity contribution is 0.0940. The van der Waals surface area contributed by atoms with E-state index in [0.717, 1.165) is 31.5 Å². The number of hydrogen-bond donors (Lipinski definition) is 1. The summed E-state index contributed by atoms with van der Waals surface area (Å²) in [6.07, 6.45) is 2.70. The van der Waals surface area contributed by atoms with Gasteiger partial charge < -0.3 is 19.9 Å². The fourth-order valence-electron chi connectivity index (χ4n) is 5.27. The summed E-state index contributed by atoms with van der Waals surface area (Å²) >= 11 is 0. The van der Waals surface area contributed by atoms with Crippen LogP contribution in [0.4, 0.5) is 19.4 Å². The zero-order chi connectivity index (χ0) is 28.3. The van der Waals surface area contributed by atoms with E-state index in [-0.39, 0.29) is 35.5 Å². The minimum Gasteiger partial charge on any atom is -0.445 e. The molecule has 5 heterocycles. The maximum atomic E-state index is 13.9. The third-order valence-corrected chi connectivity index (χ3v) is 7.56. The number of ether oxygens (including phenoxy) is 1. The van der Waals surface area contributed by atoms with E-state index in [2.05, 4.69) is 20.5 Å². The van der Waals surface area contributed by atoms with Gasteiger partial charge in [-0.3, -0.25) is 9.48 Å². The molecule has 11 nitrogen and oxygen atoms in total. The molecule has 0 atom stereocenters. The van der Waals surface area contributed by atoms with Gasteiger partial charge in [0.05, 0.1) is 23.4 Å². The first kappa shape index (κ1) is 26.8. The summed E-state index contributed by atoms with van der Waals surface area (Å²) in [5, 5.41) is 11.6. The Kier molecular flexibility index (Phi) is 7.59. The number of nitrogens with one attached hydrogen (secondary N) is 1. The Morgan fingerprint density at radius 2 is 1.78 bits per heavy atom. The number of alkyl halides is 2. The van der Waals surface area contributed by atoms with Crippen LogP contribution < -0.4 is 10.2 Å². The number of ketones is 1. The molecular weight excluding hydrogens is 534 g/mol. The predicted octanol–water partition coefficient (Wildman–Crippen LogP) is 3.48. The van der Waals surface area contributed by atoms with Gasteiger partial charge in [-0.05, 0) is 37.6 Å². The molecule has 0 aliphatic carbocycles. The van der Waals surface area contributed by atoms with Gasteiger partial charge >= 0.3 is 6.09 Å². The number of amides is 1. The first-order valence-electron chi connectivity index (χ1n) is 13.7. The van der Waals surface area contributed by atoms with Gasteiger partial charge in [-0.25, -0.2) is 23.1 Å². The van der Waals surface area contributed by atoms with Gasteiger partial charge in [0.15, 0.2) is 5.65 Å². The zero-order valence-corrected chi connectivity index (χ0v) is 22.3. The van der Waals surface area contributed by atoms with Crippen molar-refractivity contribution in [1.29, 1.82) is 0 Å². The summed E-state index contributed by atoms with van der Waals surface area (Å²) in [5.74, 6) is 0.00921. The second-order valence-electron chi connectivity index (χ2n) is 10.1. The predicted molar refractivity (Wildman–Crippen MR) is 145 cm³/mol. The molecule has 2 saturated heterocycles. The second kappa shape index (κ2) is 11.6. The van der Waals surface area contributed by atoms with Crippen LogP contribution in [0.3, 0.4) is 0 Å². The van der Waals surface area contributed by atoms with Gasteiger partial charge in [0.2, 0.25) is 5.78 Å². The van der Waals surface area contributed by atoms with Gasteiger partial charge in [-0.2, -0.15) is 10.2 Å². The van der Waals surface area contributed by atoms with Crippen molar-refractivity contribution in [2.45, 2.75) is 31.9 Å². The standard InChI is InChI=1S/C28H30F2N8O3/c29-26(30)24-22(17-38(34-24)20-6-9-31-10-7-20)25(39)21-16-32-37-11-8-23(33-27(21)37)35-12-14-36(15-13-35)28(40)41-18-19-4-2-1-3-5-19/h1-5,8,11,16-17,20,26,31H,6-7,9-10,12-15,18H2. The van der Waals surface area contributed by atoms with Crippen LogP contribution in [-0.2, 0) is 11.3 Å². The van der Waals surface area contributed by atoms with Crippen molar-refractivity contribution in [3.63, 3.8) is 0 Å². The molecule has 1 N–H and O–H groups in total. The van der Waals surface area contributed by atoms with Gasteiger partial charge in [0, 0.05) is 38.6 Å². The average molecular weight is 565 g/mol. The van der Waals surface area contributed by atoms with Gasteiger partial charge in [0.1, 0.15) is 18.1 Å². The first-order valence-corrected chi connectivity index (χ1v) is 13.7. The van der Waals surface area contributed by atoms with E-state index >= 15 is 0 Å². The van der Waals surface area contributed by atoms with Crippen LogP contribution >= 0.6 is 0 Å². The van der Waals surface area contributed by atoms with Crippen LogP contribution in [0.1, 0.15) is 52.5 Å². The van der Waals surface area contributed by atoms with Crippen molar-refractivity contribution in [2.75, 3.05) is 44.2 Å². The smallest absolute Gasteiger partial charge is 0.410 e. The summed E-state index contributed by atoms with van der Waals surface area (Å²) in [7, 11) is 0. The lowest BCUT2D eigenvalue weighted by Gasteiger charge is -2.34. The lowest BCUT2D eigenvalue weighted by Crippen LogP contribution is -2.49. The SMILES string of the molecule is O=C(c1cn(C2CCNCC2)nc1C(F)F)c1cnn2ccc(N3CCN(C(=O)OCc4ccccc4)CC3)nc12. The molecule has 0 spiro atoms. The van der Waals surface area contributed by atoms with Crippen molar-refractivity contribution in [1.82, 2.24) is 34.6 Å². The molecule has 6 rings (SSSR count). The molecule has 1 amide bonds. The molecule has 0 saturated carbocycles. The maximum Gasteiger partial charge on any atom is 0.410 e. The van der Waals surface area contributed by atoms with Crippen LogP contribution in [0.5, 0.6) is 0 Å². The van der Waals surface area contributed by atoms with E-state index in [1.165, 1.54) is 21.6 Å². The van der Waals surface area contributed by atoms with Crippen LogP contribution in [0.15, 0.2) is 55.0 Å². The number of piperidine rings is 1. The topological polar surface area (TPSA) is 110 Å². The highest BCUT2D eigenvalue weighted by Gasteiger charge is 2.29. The molecule has 3 aromatic heterocycles. The second-order valence-corrected chi connectivity index (χ2v) is 10.1. The number of piperazine rings is 1. The van der Waals surface area contributed by atoms with E-state index in [1.807, 2.05) is 35.2 Å². The van der Waals surface area contributed by atoms with Crippen molar-refractivity contribution in [3.8, 4) is 0 Å². The third-order valence-electron chi connectivity index (χ3n) is 7.56. The van der Waals surface area contributed by atoms with Crippen molar-refractivity contribution in [2.24, 2.45) is 0 Å². The molecular formula is C28H30F2N8O3. The third kappa shape index (κ3) is 5.62. The van der Waals surface area contributed by atoms with Crippen molar-refractivity contribution in [3.05, 3.63) is 77.4 Å². The van der Waals surface area contributed by atoms with Crippen LogP contribution in [0.2, 0.25) is 0 Å². The molecule has 0 radical (unpaired) electrons. The summed E-state index contributed by atoms with van der Waals surface area (Å²) in [4.78, 5) is 34.4. The number of fused-ring (bicyclic) bond motifs is 1. The molecule has 4 aromatic rings. The average Bonchev–Trinajstić information content (AvgIpc) is 3.66. The Labute approximate surface area is 234 Å². The summed E-state index contributed by atoms with van der Waals surface area (Å²) in [6.45, 7) is 3.65. The molecule has 0 unspecified atom stereocenters. The Morgan fingerprint density at radius 1 is 1.02 bits per heavy atom. The maximum absolute atomic E-state index is 13.9. The zero-order valence-electron chi connectivity index (χ0n) is 22.3. The van der Waals surface area contributed by atoms with E-state index in [0.29, 0.717) is 32.0 Å². The molecule has 214 valence electrons. The van der Waals surface area contributed by atoms with E-state index in [9.17, 15) is 18.4 Å². The number of benzene rings is 1. The lowest BCUT2D eigenvalue weighted by atomic mass is 10.1. The highest BCUT2D eigenvalue weighted by Crippen LogP contribution is 2.28. The summed E-state index contributed by atoms with van der Waals surface area (Å²) in [5.41, 5.74) is 0.652. The molecule has 0 bridgehead atoms. The quantitative estimate of drug-likeness (QED) is 0.340. The van der Waals surface area contributed by atoms with E-state index in [4.69, 9.17) is 4.74 Å². The number of anilines is 1. The largest absolute Gasteiger partial charge is 0.445 e. The molecule has 2 aliphatic rings. The van der Waals surface area contributed by atoms with E-state index < -0.39 is 17.9 Å². The highest BCUT2D eigenvalue weighted by molar-refractivity contribution is 6.13.